The zero-order valence-electron chi connectivity index (χ0n) is 15.7. The van der Waals surface area contributed by atoms with Gasteiger partial charge in [0, 0.05) is 23.5 Å². The summed E-state index contributed by atoms with van der Waals surface area (Å²) in [5.74, 6) is 0. The van der Waals surface area contributed by atoms with Gasteiger partial charge in [0.1, 0.15) is 5.65 Å². The minimum absolute atomic E-state index is 0.632. The number of hydrogen-bond donors (Lipinski definition) is 0. The summed E-state index contributed by atoms with van der Waals surface area (Å²) in [4.78, 5) is 4.92. The third-order valence-electron chi connectivity index (χ3n) is 5.03. The Balaban J connectivity index is 1.76. The van der Waals surface area contributed by atoms with Gasteiger partial charge in [0.25, 0.3) is 0 Å². The Morgan fingerprint density at radius 1 is 0.655 bits per heavy atom. The van der Waals surface area contributed by atoms with Crippen LogP contribution < -0.4 is 0 Å². The average molecular weight is 371 g/mol. The molecule has 0 aliphatic rings. The van der Waals surface area contributed by atoms with Gasteiger partial charge in [0.05, 0.1) is 17.3 Å². The molecule has 3 nitrogen and oxygen atoms in total. The highest BCUT2D eigenvalue weighted by Gasteiger charge is 2.13. The molecule has 2 aromatic heterocycles. The Labute approximate surface area is 169 Å². The van der Waals surface area contributed by atoms with Gasteiger partial charge in [-0.1, -0.05) is 72.8 Å². The lowest BCUT2D eigenvalue weighted by molar-refractivity contribution is 1.19. The summed E-state index contributed by atoms with van der Waals surface area (Å²) < 4.78 is 2.08. The van der Waals surface area contributed by atoms with E-state index in [0.29, 0.717) is 5.56 Å². The SMILES string of the molecule is N#Cc1cccc(-c2cn3cc(-c4ccccc4)cc(-c4ccccc4)c3n2)c1. The van der Waals surface area contributed by atoms with E-state index in [4.69, 9.17) is 4.98 Å². The molecule has 0 aliphatic heterocycles. The smallest absolute Gasteiger partial charge is 0.145 e. The molecule has 0 saturated heterocycles. The maximum absolute atomic E-state index is 9.23. The van der Waals surface area contributed by atoms with Crippen molar-refractivity contribution in [1.82, 2.24) is 9.38 Å². The summed E-state index contributed by atoms with van der Waals surface area (Å²) in [7, 11) is 0. The minimum atomic E-state index is 0.632. The van der Waals surface area contributed by atoms with Crippen LogP contribution in [0, 0.1) is 11.3 Å². The molecule has 0 N–H and O–H groups in total. The molecule has 0 unspecified atom stereocenters. The van der Waals surface area contributed by atoms with Crippen LogP contribution in [0.2, 0.25) is 0 Å². The summed E-state index contributed by atoms with van der Waals surface area (Å²) in [6.07, 6.45) is 4.15. The summed E-state index contributed by atoms with van der Waals surface area (Å²) in [6, 6.07) is 32.6. The molecule has 136 valence electrons. The lowest BCUT2D eigenvalue weighted by atomic mass is 10.0. The second-order valence-corrected chi connectivity index (χ2v) is 6.92. The first-order valence-electron chi connectivity index (χ1n) is 9.46. The Morgan fingerprint density at radius 3 is 2.07 bits per heavy atom. The molecule has 0 saturated carbocycles. The van der Waals surface area contributed by atoms with Gasteiger partial charge >= 0.3 is 0 Å². The van der Waals surface area contributed by atoms with E-state index in [1.807, 2.05) is 54.7 Å². The molecule has 5 rings (SSSR count). The van der Waals surface area contributed by atoms with Crippen LogP contribution in [0.4, 0.5) is 0 Å². The highest BCUT2D eigenvalue weighted by atomic mass is 15.0. The van der Waals surface area contributed by atoms with E-state index in [9.17, 15) is 5.26 Å². The van der Waals surface area contributed by atoms with Crippen LogP contribution in [0.1, 0.15) is 5.56 Å². The van der Waals surface area contributed by atoms with Crippen LogP contribution in [0.3, 0.4) is 0 Å². The molecular weight excluding hydrogens is 354 g/mol. The van der Waals surface area contributed by atoms with Crippen molar-refractivity contribution in [3.8, 4) is 39.6 Å². The van der Waals surface area contributed by atoms with E-state index in [1.165, 1.54) is 0 Å². The highest BCUT2D eigenvalue weighted by molar-refractivity contribution is 5.84. The molecule has 0 spiro atoms. The molecule has 29 heavy (non-hydrogen) atoms. The molecule has 0 fully saturated rings. The quantitative estimate of drug-likeness (QED) is 0.378. The average Bonchev–Trinajstić information content (AvgIpc) is 3.24. The van der Waals surface area contributed by atoms with Crippen LogP contribution in [0.25, 0.3) is 39.2 Å². The Morgan fingerprint density at radius 2 is 1.34 bits per heavy atom. The number of rotatable bonds is 3. The molecule has 0 bridgehead atoms. The molecule has 0 aliphatic carbocycles. The fourth-order valence-electron chi connectivity index (χ4n) is 3.60. The van der Waals surface area contributed by atoms with Crippen molar-refractivity contribution < 1.29 is 0 Å². The number of nitrogens with zero attached hydrogens (tertiary/aromatic N) is 3. The Kier molecular flexibility index (Phi) is 4.16. The van der Waals surface area contributed by atoms with Crippen molar-refractivity contribution in [2.24, 2.45) is 0 Å². The predicted molar refractivity (Wildman–Crippen MR) is 116 cm³/mol. The van der Waals surface area contributed by atoms with E-state index >= 15 is 0 Å². The fraction of sp³-hybridized carbons (Fsp3) is 0. The molecule has 0 radical (unpaired) electrons. The van der Waals surface area contributed by atoms with Gasteiger partial charge in [0.2, 0.25) is 0 Å². The highest BCUT2D eigenvalue weighted by Crippen LogP contribution is 2.32. The second kappa shape index (κ2) is 7.10. The third kappa shape index (κ3) is 3.18. The van der Waals surface area contributed by atoms with Gasteiger partial charge in [-0.05, 0) is 34.9 Å². The van der Waals surface area contributed by atoms with E-state index < -0.39 is 0 Å². The standard InChI is InChI=1S/C26H17N3/c27-16-19-8-7-13-22(14-19)25-18-29-17-23(20-9-3-1-4-10-20)15-24(26(29)28-25)21-11-5-2-6-12-21/h1-15,17-18H. The second-order valence-electron chi connectivity index (χ2n) is 6.92. The monoisotopic (exact) mass is 371 g/mol. The Bertz CT molecular complexity index is 1340. The van der Waals surface area contributed by atoms with Crippen molar-refractivity contribution in [2.45, 2.75) is 0 Å². The first kappa shape index (κ1) is 17.0. The zero-order chi connectivity index (χ0) is 19.6. The van der Waals surface area contributed by atoms with E-state index in [2.05, 4.69) is 59.1 Å². The summed E-state index contributed by atoms with van der Waals surface area (Å²) in [5.41, 5.74) is 7.81. The van der Waals surface area contributed by atoms with Crippen LogP contribution in [-0.4, -0.2) is 9.38 Å². The van der Waals surface area contributed by atoms with Crippen molar-refractivity contribution in [3.05, 3.63) is 109 Å². The topological polar surface area (TPSA) is 41.1 Å². The summed E-state index contributed by atoms with van der Waals surface area (Å²) >= 11 is 0. The van der Waals surface area contributed by atoms with Crippen molar-refractivity contribution in [3.63, 3.8) is 0 Å². The number of imidazole rings is 1. The van der Waals surface area contributed by atoms with Crippen LogP contribution in [0.5, 0.6) is 0 Å². The summed E-state index contributed by atoms with van der Waals surface area (Å²) in [5, 5.41) is 9.23. The van der Waals surface area contributed by atoms with Gasteiger partial charge < -0.3 is 4.40 Å². The third-order valence-corrected chi connectivity index (χ3v) is 5.03. The normalized spacial score (nSPS) is 10.7. The van der Waals surface area contributed by atoms with Crippen LogP contribution >= 0.6 is 0 Å². The Hall–Kier alpha value is -4.16. The van der Waals surface area contributed by atoms with Gasteiger partial charge in [-0.25, -0.2) is 4.98 Å². The lowest BCUT2D eigenvalue weighted by Crippen LogP contribution is -1.90. The zero-order valence-corrected chi connectivity index (χ0v) is 15.7. The first-order valence-corrected chi connectivity index (χ1v) is 9.46. The van der Waals surface area contributed by atoms with Gasteiger partial charge in [-0.3, -0.25) is 0 Å². The summed E-state index contributed by atoms with van der Waals surface area (Å²) in [6.45, 7) is 0. The van der Waals surface area contributed by atoms with Crippen molar-refractivity contribution in [2.75, 3.05) is 0 Å². The fourth-order valence-corrected chi connectivity index (χ4v) is 3.60. The van der Waals surface area contributed by atoms with Crippen molar-refractivity contribution >= 4 is 5.65 Å². The molecule has 0 amide bonds. The van der Waals surface area contributed by atoms with Crippen LogP contribution in [0.15, 0.2) is 103 Å². The van der Waals surface area contributed by atoms with Gasteiger partial charge in [0.15, 0.2) is 0 Å². The number of pyridine rings is 1. The molecule has 3 aromatic carbocycles. The maximum Gasteiger partial charge on any atom is 0.145 e. The van der Waals surface area contributed by atoms with Crippen molar-refractivity contribution in [1.29, 1.82) is 5.26 Å². The molecule has 3 heteroatoms. The molecule has 2 heterocycles. The molecular formula is C26H17N3. The number of nitriles is 1. The lowest BCUT2D eigenvalue weighted by Gasteiger charge is -2.09. The van der Waals surface area contributed by atoms with E-state index in [-0.39, 0.29) is 0 Å². The number of fused-ring (bicyclic) bond motifs is 1. The number of benzene rings is 3. The largest absolute Gasteiger partial charge is 0.305 e. The number of hydrogen-bond acceptors (Lipinski definition) is 2. The van der Waals surface area contributed by atoms with Gasteiger partial charge in [-0.15, -0.1) is 0 Å². The first-order chi connectivity index (χ1) is 14.3. The van der Waals surface area contributed by atoms with E-state index in [0.717, 1.165) is 39.2 Å². The number of aromatic nitrogens is 2. The van der Waals surface area contributed by atoms with E-state index in [1.54, 1.807) is 0 Å². The maximum atomic E-state index is 9.23. The van der Waals surface area contributed by atoms with Gasteiger partial charge in [-0.2, -0.15) is 5.26 Å². The van der Waals surface area contributed by atoms with Crippen LogP contribution in [-0.2, 0) is 0 Å². The molecule has 0 atom stereocenters. The predicted octanol–water partition coefficient (Wildman–Crippen LogP) is 6.21. The molecule has 5 aromatic rings. The minimum Gasteiger partial charge on any atom is -0.305 e.